The van der Waals surface area contributed by atoms with Crippen molar-refractivity contribution in [3.8, 4) is 0 Å². The van der Waals surface area contributed by atoms with Crippen LogP contribution in [0.2, 0.25) is 0 Å². The fourth-order valence-corrected chi connectivity index (χ4v) is 2.27. The number of benzene rings is 2. The van der Waals surface area contributed by atoms with Crippen molar-refractivity contribution in [2.75, 3.05) is 0 Å². The molecular weight excluding hydrogens is 309 g/mol. The summed E-state index contributed by atoms with van der Waals surface area (Å²) >= 11 is 3.24. The highest BCUT2D eigenvalue weighted by molar-refractivity contribution is 9.10. The van der Waals surface area contributed by atoms with Crippen LogP contribution in [0.1, 0.15) is 21.5 Å². The third kappa shape index (κ3) is 3.28. The Kier molecular flexibility index (Phi) is 4.45. The third-order valence-electron chi connectivity index (χ3n) is 2.92. The first-order valence-corrected chi connectivity index (χ1v) is 6.66. The normalized spacial score (nSPS) is 10.5. The zero-order chi connectivity index (χ0) is 13.8. The van der Waals surface area contributed by atoms with E-state index in [1.807, 2.05) is 24.3 Å². The summed E-state index contributed by atoms with van der Waals surface area (Å²) in [7, 11) is 0. The average Bonchev–Trinajstić information content (AvgIpc) is 2.42. The summed E-state index contributed by atoms with van der Waals surface area (Å²) in [6.07, 6.45) is 0.154. The maximum atomic E-state index is 13.6. The lowest BCUT2D eigenvalue weighted by Crippen LogP contribution is -2.09. The first-order chi connectivity index (χ1) is 9.11. The van der Waals surface area contributed by atoms with Crippen LogP contribution in [0.15, 0.2) is 46.9 Å². The number of hydrogen-bond donors (Lipinski definition) is 1. The number of carbonyl (C=O) groups is 1. The van der Waals surface area contributed by atoms with Crippen molar-refractivity contribution in [2.24, 2.45) is 5.73 Å². The molecule has 0 bridgehead atoms. The highest BCUT2D eigenvalue weighted by atomic mass is 79.9. The molecule has 0 aliphatic rings. The second-order valence-electron chi connectivity index (χ2n) is 4.20. The van der Waals surface area contributed by atoms with E-state index in [0.717, 1.165) is 11.1 Å². The Morgan fingerprint density at radius 3 is 2.53 bits per heavy atom. The topological polar surface area (TPSA) is 43.1 Å². The van der Waals surface area contributed by atoms with Crippen LogP contribution in [0, 0.1) is 5.82 Å². The summed E-state index contributed by atoms with van der Waals surface area (Å²) in [6, 6.07) is 11.8. The molecule has 98 valence electrons. The van der Waals surface area contributed by atoms with Crippen LogP contribution in [0.5, 0.6) is 0 Å². The molecule has 2 aromatic carbocycles. The number of nitrogens with two attached hydrogens (primary N) is 1. The van der Waals surface area contributed by atoms with Gasteiger partial charge in [-0.25, -0.2) is 4.39 Å². The molecule has 0 unspecified atom stereocenters. The van der Waals surface area contributed by atoms with Gasteiger partial charge in [0, 0.05) is 17.4 Å². The first-order valence-electron chi connectivity index (χ1n) is 5.87. The molecule has 0 aliphatic carbocycles. The monoisotopic (exact) mass is 321 g/mol. The molecule has 2 N–H and O–H groups in total. The molecule has 0 fully saturated rings. The number of halogens is 2. The quantitative estimate of drug-likeness (QED) is 0.876. The molecule has 0 amide bonds. The van der Waals surface area contributed by atoms with Crippen molar-refractivity contribution in [2.45, 2.75) is 13.0 Å². The number of rotatable bonds is 4. The lowest BCUT2D eigenvalue weighted by Gasteiger charge is -2.07. The molecule has 0 atom stereocenters. The lowest BCUT2D eigenvalue weighted by atomic mass is 9.98. The van der Waals surface area contributed by atoms with Gasteiger partial charge in [-0.3, -0.25) is 4.79 Å². The standard InChI is InChI=1S/C15H13BrFNO/c16-12-5-6-14(17)13(8-12)15(19)7-10-3-1-2-4-11(10)9-18/h1-6,8H,7,9,18H2. The van der Waals surface area contributed by atoms with E-state index in [-0.39, 0.29) is 17.8 Å². The van der Waals surface area contributed by atoms with Gasteiger partial charge in [0.05, 0.1) is 5.56 Å². The molecule has 0 heterocycles. The summed E-state index contributed by atoms with van der Waals surface area (Å²) in [5, 5.41) is 0. The van der Waals surface area contributed by atoms with Gasteiger partial charge in [-0.05, 0) is 29.3 Å². The Balaban J connectivity index is 2.28. The Morgan fingerprint density at radius 1 is 1.16 bits per heavy atom. The molecule has 0 saturated carbocycles. The molecule has 4 heteroatoms. The van der Waals surface area contributed by atoms with Gasteiger partial charge in [-0.1, -0.05) is 40.2 Å². The molecule has 19 heavy (non-hydrogen) atoms. The minimum absolute atomic E-state index is 0.0983. The number of hydrogen-bond acceptors (Lipinski definition) is 2. The molecule has 0 spiro atoms. The minimum atomic E-state index is -0.501. The molecule has 0 saturated heterocycles. The van der Waals surface area contributed by atoms with Crippen molar-refractivity contribution in [3.05, 3.63) is 69.4 Å². The molecule has 0 aliphatic heterocycles. The van der Waals surface area contributed by atoms with E-state index in [1.54, 1.807) is 6.07 Å². The van der Waals surface area contributed by atoms with Gasteiger partial charge in [0.25, 0.3) is 0 Å². The first kappa shape index (κ1) is 13.9. The van der Waals surface area contributed by atoms with Crippen molar-refractivity contribution in [3.63, 3.8) is 0 Å². The van der Waals surface area contributed by atoms with E-state index in [9.17, 15) is 9.18 Å². The van der Waals surface area contributed by atoms with Crippen LogP contribution < -0.4 is 5.73 Å². The van der Waals surface area contributed by atoms with E-state index in [0.29, 0.717) is 11.0 Å². The van der Waals surface area contributed by atoms with Crippen molar-refractivity contribution < 1.29 is 9.18 Å². The predicted molar refractivity (Wildman–Crippen MR) is 76.5 cm³/mol. The second-order valence-corrected chi connectivity index (χ2v) is 5.11. The van der Waals surface area contributed by atoms with Gasteiger partial charge in [0.1, 0.15) is 5.82 Å². The van der Waals surface area contributed by atoms with E-state index in [2.05, 4.69) is 15.9 Å². The highest BCUT2D eigenvalue weighted by Crippen LogP contribution is 2.18. The molecule has 0 radical (unpaired) electrons. The van der Waals surface area contributed by atoms with Gasteiger partial charge in [0.15, 0.2) is 5.78 Å². The van der Waals surface area contributed by atoms with Gasteiger partial charge < -0.3 is 5.73 Å². The van der Waals surface area contributed by atoms with Crippen LogP contribution in [-0.4, -0.2) is 5.78 Å². The fraction of sp³-hybridized carbons (Fsp3) is 0.133. The Morgan fingerprint density at radius 2 is 1.84 bits per heavy atom. The Bertz CT molecular complexity index is 613. The van der Waals surface area contributed by atoms with Crippen molar-refractivity contribution in [1.82, 2.24) is 0 Å². The SMILES string of the molecule is NCc1ccccc1CC(=O)c1cc(Br)ccc1F. The Labute approximate surface area is 119 Å². The van der Waals surface area contributed by atoms with Crippen LogP contribution in [0.4, 0.5) is 4.39 Å². The van der Waals surface area contributed by atoms with Gasteiger partial charge in [-0.15, -0.1) is 0 Å². The number of carbonyl (C=O) groups excluding carboxylic acids is 1. The average molecular weight is 322 g/mol. The number of Topliss-reactive ketones (excluding diaryl/α,β-unsaturated/α-hetero) is 1. The lowest BCUT2D eigenvalue weighted by molar-refractivity contribution is 0.0989. The predicted octanol–water partition coefficient (Wildman–Crippen LogP) is 3.47. The van der Waals surface area contributed by atoms with Crippen molar-refractivity contribution in [1.29, 1.82) is 0 Å². The smallest absolute Gasteiger partial charge is 0.170 e. The summed E-state index contributed by atoms with van der Waals surface area (Å²) in [5.74, 6) is -0.752. The van der Waals surface area contributed by atoms with E-state index >= 15 is 0 Å². The molecule has 0 aromatic heterocycles. The molecule has 2 rings (SSSR count). The molecular formula is C15H13BrFNO. The van der Waals surface area contributed by atoms with E-state index in [1.165, 1.54) is 12.1 Å². The maximum absolute atomic E-state index is 13.6. The molecule has 2 nitrogen and oxygen atoms in total. The number of ketones is 1. The Hall–Kier alpha value is -1.52. The van der Waals surface area contributed by atoms with Crippen LogP contribution >= 0.6 is 15.9 Å². The third-order valence-corrected chi connectivity index (χ3v) is 3.41. The molecule has 2 aromatic rings. The van der Waals surface area contributed by atoms with E-state index < -0.39 is 5.82 Å². The fourth-order valence-electron chi connectivity index (χ4n) is 1.91. The van der Waals surface area contributed by atoms with Crippen LogP contribution in [0.25, 0.3) is 0 Å². The van der Waals surface area contributed by atoms with Crippen LogP contribution in [0.3, 0.4) is 0 Å². The second kappa shape index (κ2) is 6.08. The summed E-state index contributed by atoms with van der Waals surface area (Å²) in [5.41, 5.74) is 7.48. The summed E-state index contributed by atoms with van der Waals surface area (Å²) < 4.78 is 14.3. The van der Waals surface area contributed by atoms with Gasteiger partial charge in [0.2, 0.25) is 0 Å². The van der Waals surface area contributed by atoms with E-state index in [4.69, 9.17) is 5.73 Å². The summed E-state index contributed by atoms with van der Waals surface area (Å²) in [6.45, 7) is 0.365. The largest absolute Gasteiger partial charge is 0.326 e. The zero-order valence-electron chi connectivity index (χ0n) is 10.2. The van der Waals surface area contributed by atoms with Crippen LogP contribution in [-0.2, 0) is 13.0 Å². The zero-order valence-corrected chi connectivity index (χ0v) is 11.8. The highest BCUT2D eigenvalue weighted by Gasteiger charge is 2.14. The van der Waals surface area contributed by atoms with Gasteiger partial charge >= 0.3 is 0 Å². The van der Waals surface area contributed by atoms with Crippen molar-refractivity contribution >= 4 is 21.7 Å². The van der Waals surface area contributed by atoms with Gasteiger partial charge in [-0.2, -0.15) is 0 Å². The minimum Gasteiger partial charge on any atom is -0.326 e. The summed E-state index contributed by atoms with van der Waals surface area (Å²) in [4.78, 5) is 12.2. The maximum Gasteiger partial charge on any atom is 0.170 e.